The first-order valence-corrected chi connectivity index (χ1v) is 10.8. The first-order chi connectivity index (χ1) is 14.9. The van der Waals surface area contributed by atoms with Gasteiger partial charge in [0.05, 0.1) is 22.7 Å². The monoisotopic (exact) mass is 497 g/mol. The van der Waals surface area contributed by atoms with E-state index in [0.717, 1.165) is 5.56 Å². The molecule has 0 fully saturated rings. The lowest BCUT2D eigenvalue weighted by molar-refractivity contribution is -0.114. The quantitative estimate of drug-likeness (QED) is 0.371. The number of rotatable bonds is 4. The number of esters is 1. The van der Waals surface area contributed by atoms with Crippen LogP contribution < -0.4 is 9.47 Å². The molecule has 0 bridgehead atoms. The normalized spacial score (nSPS) is 16.4. The van der Waals surface area contributed by atoms with Crippen LogP contribution in [0.5, 0.6) is 11.5 Å². The predicted octanol–water partition coefficient (Wildman–Crippen LogP) is 4.76. The van der Waals surface area contributed by atoms with Gasteiger partial charge in [-0.1, -0.05) is 29.5 Å². The van der Waals surface area contributed by atoms with Crippen LogP contribution in [0.4, 0.5) is 0 Å². The Bertz CT molecular complexity index is 1220. The third kappa shape index (κ3) is 4.19. The van der Waals surface area contributed by atoms with E-state index in [0.29, 0.717) is 26.5 Å². The molecule has 0 saturated heterocycles. The van der Waals surface area contributed by atoms with Crippen LogP contribution in [0.25, 0.3) is 6.08 Å². The number of carbonyl (C=O) groups excluding carboxylic acids is 2. The van der Waals surface area contributed by atoms with Gasteiger partial charge in [0.25, 0.3) is 5.91 Å². The summed E-state index contributed by atoms with van der Waals surface area (Å²) >= 11 is 4.70. The van der Waals surface area contributed by atoms with Crippen LogP contribution in [0.1, 0.15) is 21.5 Å². The van der Waals surface area contributed by atoms with Gasteiger partial charge in [-0.3, -0.25) is 15.1 Å². The molecule has 2 aliphatic rings. The van der Waals surface area contributed by atoms with Gasteiger partial charge in [-0.05, 0) is 64.2 Å². The molecule has 2 aliphatic heterocycles. The minimum absolute atomic E-state index is 0.0429. The lowest BCUT2D eigenvalue weighted by Crippen LogP contribution is -2.35. The average molecular weight is 498 g/mol. The molecule has 0 saturated carbocycles. The fourth-order valence-corrected chi connectivity index (χ4v) is 4.29. The third-order valence-electron chi connectivity index (χ3n) is 4.52. The summed E-state index contributed by atoms with van der Waals surface area (Å²) in [6.07, 6.45) is 3.25. The molecule has 2 aromatic rings. The number of carbonyl (C=O) groups is 2. The van der Waals surface area contributed by atoms with E-state index in [4.69, 9.17) is 14.9 Å². The van der Waals surface area contributed by atoms with Crippen LogP contribution in [-0.4, -0.2) is 34.9 Å². The summed E-state index contributed by atoms with van der Waals surface area (Å²) in [5.74, 6) is -0.435. The van der Waals surface area contributed by atoms with Crippen LogP contribution in [0, 0.1) is 12.3 Å². The van der Waals surface area contributed by atoms with Gasteiger partial charge >= 0.3 is 5.97 Å². The molecule has 0 aromatic heterocycles. The molecule has 31 heavy (non-hydrogen) atoms. The number of benzene rings is 2. The topological polar surface area (TPSA) is 92.1 Å². The minimum atomic E-state index is -0.516. The van der Waals surface area contributed by atoms with Gasteiger partial charge in [-0.25, -0.2) is 4.79 Å². The molecule has 0 aliphatic carbocycles. The number of hydrogen-bond donors (Lipinski definition) is 1. The molecule has 1 amide bonds. The minimum Gasteiger partial charge on any atom is -0.493 e. The summed E-state index contributed by atoms with van der Waals surface area (Å²) in [6.45, 7) is 1.89. The van der Waals surface area contributed by atoms with E-state index >= 15 is 0 Å². The van der Waals surface area contributed by atoms with Gasteiger partial charge in [0.2, 0.25) is 0 Å². The fourth-order valence-electron chi connectivity index (χ4n) is 3.04. The predicted molar refractivity (Wildman–Crippen MR) is 124 cm³/mol. The number of methoxy groups -OCH3 is 1. The van der Waals surface area contributed by atoms with Gasteiger partial charge < -0.3 is 9.47 Å². The van der Waals surface area contributed by atoms with E-state index < -0.39 is 11.9 Å². The number of aliphatic imine (C=N–C) groups is 1. The van der Waals surface area contributed by atoms with Crippen LogP contribution in [0.15, 0.2) is 63.0 Å². The maximum absolute atomic E-state index is 12.6. The highest BCUT2D eigenvalue weighted by Crippen LogP contribution is 2.38. The Morgan fingerprint density at radius 1 is 1.29 bits per heavy atom. The summed E-state index contributed by atoms with van der Waals surface area (Å²) in [5, 5.41) is 10.6. The largest absolute Gasteiger partial charge is 0.493 e. The maximum Gasteiger partial charge on any atom is 0.343 e. The molecule has 4 rings (SSSR count). The van der Waals surface area contributed by atoms with E-state index in [1.165, 1.54) is 18.9 Å². The standard InChI is InChI=1S/C22H16BrN3O4S/c1-12-4-3-5-14(8-12)21(28)30-18-16(23)10-13(11-17(18)29-2)9-15-19(24)26-6-7-31-22(26)25-20(15)27/h3-11,24H,1-2H3/b15-9+,24-19?. The molecule has 2 aromatic carbocycles. The number of nitrogens with zero attached hydrogens (tertiary/aromatic N) is 2. The van der Waals surface area contributed by atoms with Gasteiger partial charge in [0.15, 0.2) is 16.7 Å². The van der Waals surface area contributed by atoms with Gasteiger partial charge in [0, 0.05) is 6.20 Å². The van der Waals surface area contributed by atoms with Crippen LogP contribution in [0.2, 0.25) is 0 Å². The first-order valence-electron chi connectivity index (χ1n) is 9.10. The fraction of sp³-hybridized carbons (Fsp3) is 0.0909. The zero-order valence-electron chi connectivity index (χ0n) is 16.5. The van der Waals surface area contributed by atoms with Gasteiger partial charge in [-0.2, -0.15) is 4.99 Å². The number of amidine groups is 2. The van der Waals surface area contributed by atoms with Crippen molar-refractivity contribution in [1.82, 2.24) is 4.90 Å². The zero-order chi connectivity index (χ0) is 22.1. The number of thioether (sulfide) groups is 1. The Labute approximate surface area is 191 Å². The first kappa shape index (κ1) is 21.1. The third-order valence-corrected chi connectivity index (χ3v) is 5.87. The highest BCUT2D eigenvalue weighted by molar-refractivity contribution is 9.10. The lowest BCUT2D eigenvalue weighted by Gasteiger charge is -2.22. The van der Waals surface area contributed by atoms with E-state index in [2.05, 4.69) is 20.9 Å². The number of aryl methyl sites for hydroxylation is 1. The van der Waals surface area contributed by atoms with Crippen molar-refractivity contribution in [3.63, 3.8) is 0 Å². The molecule has 0 spiro atoms. The Kier molecular flexibility index (Phi) is 5.79. The van der Waals surface area contributed by atoms with Crippen LogP contribution in [-0.2, 0) is 4.79 Å². The average Bonchev–Trinajstić information content (AvgIpc) is 3.21. The van der Waals surface area contributed by atoms with Crippen molar-refractivity contribution in [1.29, 1.82) is 5.41 Å². The Morgan fingerprint density at radius 3 is 2.84 bits per heavy atom. The molecule has 0 unspecified atom stereocenters. The molecular weight excluding hydrogens is 482 g/mol. The molecule has 0 atom stereocenters. The smallest absolute Gasteiger partial charge is 0.343 e. The molecule has 2 heterocycles. The summed E-state index contributed by atoms with van der Waals surface area (Å²) < 4.78 is 11.4. The number of amides is 1. The molecule has 7 nitrogen and oxygen atoms in total. The number of hydrogen-bond acceptors (Lipinski definition) is 6. The molecule has 156 valence electrons. The van der Waals surface area contributed by atoms with E-state index in [1.54, 1.807) is 52.9 Å². The highest BCUT2D eigenvalue weighted by atomic mass is 79.9. The van der Waals surface area contributed by atoms with E-state index in [9.17, 15) is 9.59 Å². The molecule has 1 N–H and O–H groups in total. The zero-order valence-corrected chi connectivity index (χ0v) is 18.9. The van der Waals surface area contributed by atoms with Crippen LogP contribution >= 0.6 is 27.7 Å². The summed E-state index contributed by atoms with van der Waals surface area (Å²) in [6, 6.07) is 10.4. The molecule has 0 radical (unpaired) electrons. The second-order valence-corrected chi connectivity index (χ2v) is 8.40. The van der Waals surface area contributed by atoms with E-state index in [1.807, 2.05) is 13.0 Å². The SMILES string of the molecule is COc1cc(/C=C2\C(=N)N3C=CSC3=NC2=O)cc(Br)c1OC(=O)c1cccc(C)c1. The number of ether oxygens (including phenoxy) is 2. The molecular formula is C22H16BrN3O4S. The summed E-state index contributed by atoms with van der Waals surface area (Å²) in [4.78, 5) is 30.5. The maximum atomic E-state index is 12.6. The second kappa shape index (κ2) is 8.52. The van der Waals surface area contributed by atoms with Crippen molar-refractivity contribution in [3.8, 4) is 11.5 Å². The number of fused-ring (bicyclic) bond motifs is 1. The Balaban J connectivity index is 1.66. The van der Waals surface area contributed by atoms with Crippen molar-refractivity contribution in [2.45, 2.75) is 6.92 Å². The van der Waals surface area contributed by atoms with Crippen molar-refractivity contribution in [3.05, 3.63) is 74.7 Å². The van der Waals surface area contributed by atoms with Crippen molar-refractivity contribution in [2.75, 3.05) is 7.11 Å². The van der Waals surface area contributed by atoms with Crippen molar-refractivity contribution in [2.24, 2.45) is 4.99 Å². The highest BCUT2D eigenvalue weighted by Gasteiger charge is 2.31. The lowest BCUT2D eigenvalue weighted by atomic mass is 10.1. The summed E-state index contributed by atoms with van der Waals surface area (Å²) in [5.41, 5.74) is 2.10. The summed E-state index contributed by atoms with van der Waals surface area (Å²) in [7, 11) is 1.46. The van der Waals surface area contributed by atoms with Gasteiger partial charge in [0.1, 0.15) is 5.84 Å². The number of nitrogens with one attached hydrogen (secondary N) is 1. The molecule has 9 heteroatoms. The Morgan fingerprint density at radius 2 is 2.10 bits per heavy atom. The van der Waals surface area contributed by atoms with E-state index in [-0.39, 0.29) is 17.2 Å². The van der Waals surface area contributed by atoms with Crippen molar-refractivity contribution < 1.29 is 19.1 Å². The number of halogens is 1. The van der Waals surface area contributed by atoms with Gasteiger partial charge in [-0.15, -0.1) is 0 Å². The van der Waals surface area contributed by atoms with Crippen LogP contribution in [0.3, 0.4) is 0 Å². The second-order valence-electron chi connectivity index (χ2n) is 6.67. The Hall–Kier alpha value is -3.17. The van der Waals surface area contributed by atoms with Crippen molar-refractivity contribution >= 4 is 56.6 Å².